The number of amides is 1. The zero-order valence-corrected chi connectivity index (χ0v) is 12.3. The third-order valence-corrected chi connectivity index (χ3v) is 3.18. The van der Waals surface area contributed by atoms with E-state index >= 15 is 0 Å². The lowest BCUT2D eigenvalue weighted by molar-refractivity contribution is -0.120. The minimum absolute atomic E-state index is 0.0622. The maximum atomic E-state index is 11.8. The molecular weight excluding hydrogens is 262 g/mol. The SMILES string of the molecule is CCOc1ccc(CCNC(=O)Cc2ccccc2)cc1. The fraction of sp³-hybridized carbons (Fsp3) is 0.278. The van der Waals surface area contributed by atoms with E-state index in [9.17, 15) is 4.79 Å². The van der Waals surface area contributed by atoms with Gasteiger partial charge in [0.15, 0.2) is 0 Å². The van der Waals surface area contributed by atoms with Crippen LogP contribution in [-0.4, -0.2) is 19.1 Å². The van der Waals surface area contributed by atoms with E-state index in [2.05, 4.69) is 5.32 Å². The van der Waals surface area contributed by atoms with Crippen LogP contribution in [0.3, 0.4) is 0 Å². The van der Waals surface area contributed by atoms with Gasteiger partial charge in [0.05, 0.1) is 13.0 Å². The molecule has 0 aliphatic heterocycles. The molecule has 21 heavy (non-hydrogen) atoms. The molecule has 3 heteroatoms. The highest BCUT2D eigenvalue weighted by molar-refractivity contribution is 5.78. The maximum absolute atomic E-state index is 11.8. The number of ether oxygens (including phenoxy) is 1. The molecule has 0 heterocycles. The van der Waals surface area contributed by atoms with E-state index in [1.807, 2.05) is 61.5 Å². The maximum Gasteiger partial charge on any atom is 0.224 e. The lowest BCUT2D eigenvalue weighted by Gasteiger charge is -2.07. The van der Waals surface area contributed by atoms with Crippen LogP contribution in [0.25, 0.3) is 0 Å². The minimum atomic E-state index is 0.0622. The number of hydrogen-bond donors (Lipinski definition) is 1. The Morgan fingerprint density at radius 1 is 1.00 bits per heavy atom. The molecule has 0 bridgehead atoms. The Morgan fingerprint density at radius 3 is 2.38 bits per heavy atom. The fourth-order valence-electron chi connectivity index (χ4n) is 2.11. The molecule has 110 valence electrons. The summed E-state index contributed by atoms with van der Waals surface area (Å²) in [6.07, 6.45) is 1.26. The van der Waals surface area contributed by atoms with Gasteiger partial charge in [-0.15, -0.1) is 0 Å². The monoisotopic (exact) mass is 283 g/mol. The first-order valence-electron chi connectivity index (χ1n) is 7.30. The number of nitrogens with one attached hydrogen (secondary N) is 1. The summed E-state index contributed by atoms with van der Waals surface area (Å²) >= 11 is 0. The van der Waals surface area contributed by atoms with E-state index in [-0.39, 0.29) is 5.91 Å². The molecule has 0 spiro atoms. The highest BCUT2D eigenvalue weighted by Crippen LogP contribution is 2.12. The van der Waals surface area contributed by atoms with Crippen LogP contribution in [0.1, 0.15) is 18.1 Å². The molecular formula is C18H21NO2. The Morgan fingerprint density at radius 2 is 1.71 bits per heavy atom. The number of carbonyl (C=O) groups excluding carboxylic acids is 1. The summed E-state index contributed by atoms with van der Waals surface area (Å²) in [5.74, 6) is 0.946. The second kappa shape index (κ2) is 8.10. The molecule has 0 atom stereocenters. The Bertz CT molecular complexity index is 549. The quantitative estimate of drug-likeness (QED) is 0.848. The van der Waals surface area contributed by atoms with E-state index in [0.717, 1.165) is 17.7 Å². The molecule has 2 rings (SSSR count). The largest absolute Gasteiger partial charge is 0.494 e. The van der Waals surface area contributed by atoms with Crippen LogP contribution in [0.15, 0.2) is 54.6 Å². The highest BCUT2D eigenvalue weighted by atomic mass is 16.5. The zero-order valence-electron chi connectivity index (χ0n) is 12.3. The Balaban J connectivity index is 1.72. The average molecular weight is 283 g/mol. The predicted molar refractivity (Wildman–Crippen MR) is 84.5 cm³/mol. The third-order valence-electron chi connectivity index (χ3n) is 3.18. The molecule has 0 unspecified atom stereocenters. The van der Waals surface area contributed by atoms with E-state index in [1.165, 1.54) is 5.56 Å². The van der Waals surface area contributed by atoms with E-state index in [1.54, 1.807) is 0 Å². The van der Waals surface area contributed by atoms with Crippen molar-refractivity contribution in [2.45, 2.75) is 19.8 Å². The zero-order chi connectivity index (χ0) is 14.9. The second-order valence-electron chi connectivity index (χ2n) is 4.84. The van der Waals surface area contributed by atoms with Gasteiger partial charge in [0.1, 0.15) is 5.75 Å². The first kappa shape index (κ1) is 15.1. The Labute approximate surface area is 126 Å². The van der Waals surface area contributed by atoms with Gasteiger partial charge in [-0.25, -0.2) is 0 Å². The van der Waals surface area contributed by atoms with Gasteiger partial charge < -0.3 is 10.1 Å². The number of hydrogen-bond acceptors (Lipinski definition) is 2. The van der Waals surface area contributed by atoms with Crippen LogP contribution in [0.4, 0.5) is 0 Å². The van der Waals surface area contributed by atoms with E-state index in [0.29, 0.717) is 19.6 Å². The summed E-state index contributed by atoms with van der Waals surface area (Å²) in [6, 6.07) is 17.8. The van der Waals surface area contributed by atoms with Crippen molar-refractivity contribution in [1.82, 2.24) is 5.32 Å². The number of rotatable bonds is 7. The van der Waals surface area contributed by atoms with Gasteiger partial charge >= 0.3 is 0 Å². The van der Waals surface area contributed by atoms with Crippen molar-refractivity contribution in [2.75, 3.05) is 13.2 Å². The minimum Gasteiger partial charge on any atom is -0.494 e. The summed E-state index contributed by atoms with van der Waals surface area (Å²) < 4.78 is 5.40. The first-order valence-corrected chi connectivity index (χ1v) is 7.30. The standard InChI is InChI=1S/C18H21NO2/c1-2-21-17-10-8-15(9-11-17)12-13-19-18(20)14-16-6-4-3-5-7-16/h3-11H,2,12-14H2,1H3,(H,19,20). The average Bonchev–Trinajstić information content (AvgIpc) is 2.50. The van der Waals surface area contributed by atoms with Crippen molar-refractivity contribution >= 4 is 5.91 Å². The molecule has 0 radical (unpaired) electrons. The molecule has 0 fully saturated rings. The van der Waals surface area contributed by atoms with Gasteiger partial charge in [0, 0.05) is 6.54 Å². The van der Waals surface area contributed by atoms with Crippen LogP contribution in [0.2, 0.25) is 0 Å². The summed E-state index contributed by atoms with van der Waals surface area (Å²) in [4.78, 5) is 11.8. The smallest absolute Gasteiger partial charge is 0.224 e. The van der Waals surface area contributed by atoms with Crippen LogP contribution in [-0.2, 0) is 17.6 Å². The van der Waals surface area contributed by atoms with E-state index in [4.69, 9.17) is 4.74 Å². The van der Waals surface area contributed by atoms with Crippen molar-refractivity contribution in [2.24, 2.45) is 0 Å². The van der Waals surface area contributed by atoms with Crippen molar-refractivity contribution in [1.29, 1.82) is 0 Å². The van der Waals surface area contributed by atoms with Crippen LogP contribution in [0.5, 0.6) is 5.75 Å². The predicted octanol–water partition coefficient (Wildman–Crippen LogP) is 2.99. The van der Waals surface area contributed by atoms with Crippen molar-refractivity contribution < 1.29 is 9.53 Å². The van der Waals surface area contributed by atoms with E-state index < -0.39 is 0 Å². The van der Waals surface area contributed by atoms with Crippen molar-refractivity contribution in [3.05, 3.63) is 65.7 Å². The van der Waals surface area contributed by atoms with Gasteiger partial charge in [0.25, 0.3) is 0 Å². The Hall–Kier alpha value is -2.29. The number of carbonyl (C=O) groups is 1. The highest BCUT2D eigenvalue weighted by Gasteiger charge is 2.02. The fourth-order valence-corrected chi connectivity index (χ4v) is 2.11. The lowest BCUT2D eigenvalue weighted by Crippen LogP contribution is -2.27. The second-order valence-corrected chi connectivity index (χ2v) is 4.84. The first-order chi connectivity index (χ1) is 10.3. The van der Waals surface area contributed by atoms with Gasteiger partial charge in [-0.05, 0) is 36.6 Å². The summed E-state index contributed by atoms with van der Waals surface area (Å²) in [5, 5.41) is 2.95. The lowest BCUT2D eigenvalue weighted by atomic mass is 10.1. The van der Waals surface area contributed by atoms with Gasteiger partial charge in [-0.3, -0.25) is 4.79 Å². The molecule has 2 aromatic carbocycles. The molecule has 1 amide bonds. The normalized spacial score (nSPS) is 10.1. The van der Waals surface area contributed by atoms with Crippen molar-refractivity contribution in [3.8, 4) is 5.75 Å². The molecule has 2 aromatic rings. The summed E-state index contributed by atoms with van der Waals surface area (Å²) in [7, 11) is 0. The molecule has 0 aliphatic carbocycles. The molecule has 0 aliphatic rings. The summed E-state index contributed by atoms with van der Waals surface area (Å²) in [5.41, 5.74) is 2.23. The molecule has 0 aromatic heterocycles. The third kappa shape index (κ3) is 5.30. The number of benzene rings is 2. The van der Waals surface area contributed by atoms with Crippen LogP contribution < -0.4 is 10.1 Å². The summed E-state index contributed by atoms with van der Waals surface area (Å²) in [6.45, 7) is 3.30. The molecule has 0 saturated heterocycles. The van der Waals surface area contributed by atoms with Crippen LogP contribution >= 0.6 is 0 Å². The van der Waals surface area contributed by atoms with Gasteiger partial charge in [0.2, 0.25) is 5.91 Å². The molecule has 0 saturated carbocycles. The van der Waals surface area contributed by atoms with Crippen molar-refractivity contribution in [3.63, 3.8) is 0 Å². The Kier molecular flexibility index (Phi) is 5.83. The molecule has 3 nitrogen and oxygen atoms in total. The van der Waals surface area contributed by atoms with Gasteiger partial charge in [-0.2, -0.15) is 0 Å². The topological polar surface area (TPSA) is 38.3 Å². The van der Waals surface area contributed by atoms with Crippen LogP contribution in [0, 0.1) is 0 Å². The molecule has 1 N–H and O–H groups in total. The van der Waals surface area contributed by atoms with Gasteiger partial charge in [-0.1, -0.05) is 42.5 Å².